The zero-order valence-electron chi connectivity index (χ0n) is 9.20. The molecule has 0 radical (unpaired) electrons. The van der Waals surface area contributed by atoms with Gasteiger partial charge in [-0.05, 0) is 26.3 Å². The van der Waals surface area contributed by atoms with Gasteiger partial charge in [0, 0.05) is 0 Å². The second kappa shape index (κ2) is 3.26. The number of benzene rings is 1. The number of cyclic esters (lactones) is 1. The summed E-state index contributed by atoms with van der Waals surface area (Å²) in [5.41, 5.74) is 1.79. The highest BCUT2D eigenvalue weighted by Crippen LogP contribution is 2.33. The van der Waals surface area contributed by atoms with E-state index < -0.39 is 5.60 Å². The number of ether oxygens (including phenoxy) is 1. The van der Waals surface area contributed by atoms with E-state index in [0.29, 0.717) is 0 Å². The molecule has 3 heteroatoms. The Hall–Kier alpha value is -1.51. The van der Waals surface area contributed by atoms with Gasteiger partial charge in [0.1, 0.15) is 5.60 Å². The molecule has 1 fully saturated rings. The molecule has 1 aliphatic rings. The molecule has 0 spiro atoms. The van der Waals surface area contributed by atoms with Crippen LogP contribution in [0.25, 0.3) is 0 Å². The first-order chi connectivity index (χ1) is 6.99. The number of amides is 1. The van der Waals surface area contributed by atoms with Crippen molar-refractivity contribution in [3.63, 3.8) is 0 Å². The molecule has 2 rings (SSSR count). The maximum absolute atomic E-state index is 11.2. The number of hydrogen-bond donors (Lipinski definition) is 1. The van der Waals surface area contributed by atoms with Gasteiger partial charge in [-0.3, -0.25) is 0 Å². The Kier molecular flexibility index (Phi) is 2.18. The molecule has 0 saturated carbocycles. The molecule has 0 bridgehead atoms. The standard InChI is InChI=1S/C12H15NO2/c1-8-5-4-6-9(7-8)10-12(2,3)15-11(14)13-10/h4-7,10H,1-3H3,(H,13,14). The molecule has 1 unspecified atom stereocenters. The van der Waals surface area contributed by atoms with Crippen LogP contribution in [0, 0.1) is 6.92 Å². The predicted octanol–water partition coefficient (Wildman–Crippen LogP) is 2.55. The van der Waals surface area contributed by atoms with Crippen LogP contribution in [0.15, 0.2) is 24.3 Å². The number of hydrogen-bond acceptors (Lipinski definition) is 2. The molecular formula is C12H15NO2. The highest BCUT2D eigenvalue weighted by Gasteiger charge is 2.42. The lowest BCUT2D eigenvalue weighted by molar-refractivity contribution is 0.0684. The molecule has 1 aromatic rings. The smallest absolute Gasteiger partial charge is 0.408 e. The molecular weight excluding hydrogens is 190 g/mol. The molecule has 0 aliphatic carbocycles. The number of aryl methyl sites for hydroxylation is 1. The van der Waals surface area contributed by atoms with Crippen LogP contribution in [0.3, 0.4) is 0 Å². The third-order valence-corrected chi connectivity index (χ3v) is 2.69. The Morgan fingerprint density at radius 2 is 2.13 bits per heavy atom. The SMILES string of the molecule is Cc1cccc(C2NC(=O)OC2(C)C)c1. The summed E-state index contributed by atoms with van der Waals surface area (Å²) in [5, 5.41) is 2.83. The van der Waals surface area contributed by atoms with Gasteiger partial charge in [0.05, 0.1) is 6.04 Å². The van der Waals surface area contributed by atoms with Crippen LogP contribution in [0.4, 0.5) is 4.79 Å². The molecule has 1 aromatic carbocycles. The molecule has 1 heterocycles. The minimum Gasteiger partial charge on any atom is -0.441 e. The first kappa shape index (κ1) is 10.0. The summed E-state index contributed by atoms with van der Waals surface area (Å²) in [4.78, 5) is 11.2. The molecule has 3 nitrogen and oxygen atoms in total. The second-order valence-electron chi connectivity index (χ2n) is 4.48. The van der Waals surface area contributed by atoms with Gasteiger partial charge in [-0.1, -0.05) is 29.8 Å². The quantitative estimate of drug-likeness (QED) is 0.765. The van der Waals surface area contributed by atoms with Crippen molar-refractivity contribution in [1.29, 1.82) is 0 Å². The van der Waals surface area contributed by atoms with Crippen LogP contribution in [0.2, 0.25) is 0 Å². The van der Waals surface area contributed by atoms with Gasteiger partial charge in [0.2, 0.25) is 0 Å². The normalized spacial score (nSPS) is 23.4. The summed E-state index contributed by atoms with van der Waals surface area (Å²) in [6, 6.07) is 8.04. The van der Waals surface area contributed by atoms with Crippen molar-refractivity contribution in [2.75, 3.05) is 0 Å². The zero-order chi connectivity index (χ0) is 11.1. The lowest BCUT2D eigenvalue weighted by atomic mass is 9.92. The van der Waals surface area contributed by atoms with E-state index in [1.54, 1.807) is 0 Å². The van der Waals surface area contributed by atoms with Crippen LogP contribution in [-0.2, 0) is 4.74 Å². The number of rotatable bonds is 1. The fourth-order valence-electron chi connectivity index (χ4n) is 1.95. The number of carbonyl (C=O) groups is 1. The van der Waals surface area contributed by atoms with Crippen LogP contribution >= 0.6 is 0 Å². The van der Waals surface area contributed by atoms with Crippen LogP contribution in [0.5, 0.6) is 0 Å². The average molecular weight is 205 g/mol. The van der Waals surface area contributed by atoms with E-state index in [9.17, 15) is 4.79 Å². The molecule has 1 N–H and O–H groups in total. The Labute approximate surface area is 89.4 Å². The van der Waals surface area contributed by atoms with Crippen molar-refractivity contribution in [3.8, 4) is 0 Å². The highest BCUT2D eigenvalue weighted by molar-refractivity contribution is 5.71. The summed E-state index contributed by atoms with van der Waals surface area (Å²) in [6.07, 6.45) is -0.341. The average Bonchev–Trinajstić information content (AvgIpc) is 2.39. The zero-order valence-corrected chi connectivity index (χ0v) is 9.20. The minimum absolute atomic E-state index is 0.0649. The topological polar surface area (TPSA) is 38.3 Å². The third kappa shape index (κ3) is 1.82. The predicted molar refractivity (Wildman–Crippen MR) is 57.6 cm³/mol. The maximum atomic E-state index is 11.2. The van der Waals surface area contributed by atoms with Gasteiger partial charge in [-0.2, -0.15) is 0 Å². The summed E-state index contributed by atoms with van der Waals surface area (Å²) in [6.45, 7) is 5.87. The Balaban J connectivity index is 2.35. The van der Waals surface area contributed by atoms with Gasteiger partial charge in [0.25, 0.3) is 0 Å². The van der Waals surface area contributed by atoms with E-state index in [0.717, 1.165) is 5.56 Å². The fourth-order valence-corrected chi connectivity index (χ4v) is 1.95. The van der Waals surface area contributed by atoms with Crippen molar-refractivity contribution >= 4 is 6.09 Å². The number of nitrogens with one attached hydrogen (secondary N) is 1. The van der Waals surface area contributed by atoms with Gasteiger partial charge in [-0.15, -0.1) is 0 Å². The van der Waals surface area contributed by atoms with Gasteiger partial charge in [0.15, 0.2) is 0 Å². The molecule has 15 heavy (non-hydrogen) atoms. The van der Waals surface area contributed by atoms with Crippen molar-refractivity contribution in [1.82, 2.24) is 5.32 Å². The first-order valence-electron chi connectivity index (χ1n) is 5.05. The maximum Gasteiger partial charge on any atom is 0.408 e. The summed E-state index contributed by atoms with van der Waals surface area (Å²) < 4.78 is 5.21. The Bertz CT molecular complexity index is 398. The lowest BCUT2D eigenvalue weighted by Crippen LogP contribution is -2.30. The van der Waals surface area contributed by atoms with Crippen LogP contribution < -0.4 is 5.32 Å². The molecule has 1 amide bonds. The number of alkyl carbamates (subject to hydrolysis) is 1. The van der Waals surface area contributed by atoms with E-state index in [2.05, 4.69) is 11.4 Å². The summed E-state index contributed by atoms with van der Waals surface area (Å²) in [5.74, 6) is 0. The van der Waals surface area contributed by atoms with Gasteiger partial charge < -0.3 is 10.1 Å². The van der Waals surface area contributed by atoms with Crippen molar-refractivity contribution < 1.29 is 9.53 Å². The van der Waals surface area contributed by atoms with Crippen LogP contribution in [-0.4, -0.2) is 11.7 Å². The van der Waals surface area contributed by atoms with E-state index in [1.807, 2.05) is 39.0 Å². The summed E-state index contributed by atoms with van der Waals surface area (Å²) >= 11 is 0. The molecule has 1 saturated heterocycles. The largest absolute Gasteiger partial charge is 0.441 e. The fraction of sp³-hybridized carbons (Fsp3) is 0.417. The highest BCUT2D eigenvalue weighted by atomic mass is 16.6. The lowest BCUT2D eigenvalue weighted by Gasteiger charge is -2.24. The van der Waals surface area contributed by atoms with Gasteiger partial charge >= 0.3 is 6.09 Å². The first-order valence-corrected chi connectivity index (χ1v) is 5.05. The Morgan fingerprint density at radius 1 is 1.40 bits per heavy atom. The summed E-state index contributed by atoms with van der Waals surface area (Å²) in [7, 11) is 0. The molecule has 1 aliphatic heterocycles. The van der Waals surface area contributed by atoms with E-state index in [-0.39, 0.29) is 12.1 Å². The number of carbonyl (C=O) groups excluding carboxylic acids is 1. The van der Waals surface area contributed by atoms with Crippen molar-refractivity contribution in [2.24, 2.45) is 0 Å². The minimum atomic E-state index is -0.481. The second-order valence-corrected chi connectivity index (χ2v) is 4.48. The van der Waals surface area contributed by atoms with E-state index in [4.69, 9.17) is 4.74 Å². The third-order valence-electron chi connectivity index (χ3n) is 2.69. The van der Waals surface area contributed by atoms with E-state index in [1.165, 1.54) is 5.56 Å². The van der Waals surface area contributed by atoms with Crippen LogP contribution in [0.1, 0.15) is 31.0 Å². The molecule has 1 atom stereocenters. The molecule has 0 aromatic heterocycles. The molecule has 80 valence electrons. The van der Waals surface area contributed by atoms with E-state index >= 15 is 0 Å². The monoisotopic (exact) mass is 205 g/mol. The van der Waals surface area contributed by atoms with Crippen molar-refractivity contribution in [2.45, 2.75) is 32.4 Å². The Morgan fingerprint density at radius 3 is 2.67 bits per heavy atom. The van der Waals surface area contributed by atoms with Gasteiger partial charge in [-0.25, -0.2) is 4.79 Å². The van der Waals surface area contributed by atoms with Crippen molar-refractivity contribution in [3.05, 3.63) is 35.4 Å².